The van der Waals surface area contributed by atoms with Crippen molar-refractivity contribution in [3.05, 3.63) is 71.8 Å². The van der Waals surface area contributed by atoms with E-state index < -0.39 is 49.1 Å². The standard InChI is InChI=1S/C36H49BN4O7/c1-22(2)30(41-34(45)46-20-25-15-11-8-12-16-25)33(44)40-27(17-24-13-9-7-10-14-24)32(43)39-23(3)31(42)38-21-37-47-29-19-26-18-28(35(26,4)5)36(29,6)48-37/h7-16,22-23,26-30H,17-21H2,1-6H3,(H,38,42)(H,39,43)(H,40,44)(H,41,45). The molecule has 6 rings (SSSR count). The van der Waals surface area contributed by atoms with E-state index >= 15 is 0 Å². The van der Waals surface area contributed by atoms with Gasteiger partial charge in [0.2, 0.25) is 17.7 Å². The van der Waals surface area contributed by atoms with Gasteiger partial charge in [-0.3, -0.25) is 14.4 Å². The zero-order valence-corrected chi connectivity index (χ0v) is 28.8. The van der Waals surface area contributed by atoms with Gasteiger partial charge in [0.05, 0.1) is 18.1 Å². The molecular formula is C36H49BN4O7. The summed E-state index contributed by atoms with van der Waals surface area (Å²) >= 11 is 0. The summed E-state index contributed by atoms with van der Waals surface area (Å²) in [6, 6.07) is 15.6. The highest BCUT2D eigenvalue weighted by Gasteiger charge is 2.67. The van der Waals surface area contributed by atoms with Crippen molar-refractivity contribution >= 4 is 30.9 Å². The molecule has 4 amide bonds. The van der Waals surface area contributed by atoms with E-state index in [4.69, 9.17) is 14.0 Å². The van der Waals surface area contributed by atoms with E-state index in [1.165, 1.54) is 0 Å². The quantitative estimate of drug-likeness (QED) is 0.241. The first kappa shape index (κ1) is 35.4. The number of hydrogen-bond donors (Lipinski definition) is 4. The Bertz CT molecular complexity index is 1460. The SMILES string of the molecule is CC(NC(=O)C(Cc1ccccc1)NC(=O)C(NC(=O)OCc1ccccc1)C(C)C)C(=O)NCB1OC2CC3CC(C3(C)C)C2(C)O1. The van der Waals surface area contributed by atoms with Crippen molar-refractivity contribution in [3.8, 4) is 0 Å². The average molecular weight is 661 g/mol. The summed E-state index contributed by atoms with van der Waals surface area (Å²) in [7, 11) is -0.563. The van der Waals surface area contributed by atoms with Crippen LogP contribution >= 0.6 is 0 Å². The van der Waals surface area contributed by atoms with Crippen LogP contribution in [0.4, 0.5) is 4.79 Å². The van der Waals surface area contributed by atoms with Crippen molar-refractivity contribution in [2.75, 3.05) is 6.44 Å². The normalized spacial score (nSPS) is 25.5. The van der Waals surface area contributed by atoms with E-state index in [1.54, 1.807) is 20.8 Å². The van der Waals surface area contributed by atoms with Crippen LogP contribution in [0.25, 0.3) is 0 Å². The van der Waals surface area contributed by atoms with Gasteiger partial charge in [-0.05, 0) is 61.0 Å². The van der Waals surface area contributed by atoms with Crippen LogP contribution in [-0.4, -0.2) is 67.2 Å². The Balaban J connectivity index is 1.16. The minimum absolute atomic E-state index is 0.00512. The highest BCUT2D eigenvalue weighted by atomic mass is 16.7. The van der Waals surface area contributed by atoms with Gasteiger partial charge in [-0.15, -0.1) is 0 Å². The van der Waals surface area contributed by atoms with Crippen LogP contribution in [0.15, 0.2) is 60.7 Å². The highest BCUT2D eigenvalue weighted by molar-refractivity contribution is 6.46. The molecule has 3 saturated carbocycles. The molecule has 7 unspecified atom stereocenters. The third-order valence-corrected chi connectivity index (χ3v) is 10.5. The lowest BCUT2D eigenvalue weighted by atomic mass is 9.43. The van der Waals surface area contributed by atoms with Gasteiger partial charge in [0.25, 0.3) is 0 Å². The maximum atomic E-state index is 13.6. The summed E-state index contributed by atoms with van der Waals surface area (Å²) in [6.45, 7) is 11.9. The van der Waals surface area contributed by atoms with Crippen LogP contribution in [0, 0.1) is 23.2 Å². The number of benzene rings is 2. The van der Waals surface area contributed by atoms with Crippen molar-refractivity contribution < 1.29 is 33.2 Å². The molecule has 2 bridgehead atoms. The average Bonchev–Trinajstić information content (AvgIpc) is 3.41. The molecule has 4 fully saturated rings. The van der Waals surface area contributed by atoms with E-state index in [0.29, 0.717) is 11.8 Å². The molecule has 12 heteroatoms. The Hall–Kier alpha value is -3.90. The molecule has 0 spiro atoms. The predicted molar refractivity (Wildman–Crippen MR) is 181 cm³/mol. The Kier molecular flexibility index (Phi) is 10.8. The molecule has 2 aromatic carbocycles. The largest absolute Gasteiger partial charge is 0.478 e. The lowest BCUT2D eigenvalue weighted by Gasteiger charge is -2.64. The second-order valence-electron chi connectivity index (χ2n) is 14.6. The summed E-state index contributed by atoms with van der Waals surface area (Å²) in [5, 5.41) is 11.0. The second-order valence-corrected chi connectivity index (χ2v) is 14.6. The predicted octanol–water partition coefficient (Wildman–Crippen LogP) is 3.55. The third kappa shape index (κ3) is 7.87. The van der Waals surface area contributed by atoms with Gasteiger partial charge in [0, 0.05) is 6.42 Å². The molecule has 11 nitrogen and oxygen atoms in total. The number of rotatable bonds is 13. The van der Waals surface area contributed by atoms with Crippen LogP contribution in [0.5, 0.6) is 0 Å². The van der Waals surface area contributed by atoms with Gasteiger partial charge in [-0.25, -0.2) is 4.79 Å². The minimum Gasteiger partial charge on any atom is -0.445 e. The number of alkyl carbamates (subject to hydrolysis) is 1. The van der Waals surface area contributed by atoms with Gasteiger partial charge in [-0.2, -0.15) is 0 Å². The molecular weight excluding hydrogens is 611 g/mol. The monoisotopic (exact) mass is 660 g/mol. The Morgan fingerprint density at radius 1 is 0.854 bits per heavy atom. The third-order valence-electron chi connectivity index (χ3n) is 10.5. The van der Waals surface area contributed by atoms with Crippen LogP contribution in [-0.2, 0) is 41.5 Å². The number of ether oxygens (including phenoxy) is 1. The number of nitrogens with one attached hydrogen (secondary N) is 4. The van der Waals surface area contributed by atoms with Crippen molar-refractivity contribution in [1.82, 2.24) is 21.3 Å². The number of amides is 4. The molecule has 0 radical (unpaired) electrons. The summed E-state index contributed by atoms with van der Waals surface area (Å²) in [4.78, 5) is 52.8. The van der Waals surface area contributed by atoms with E-state index in [0.717, 1.165) is 24.0 Å². The molecule has 1 heterocycles. The zero-order chi connectivity index (χ0) is 34.6. The summed E-state index contributed by atoms with van der Waals surface area (Å²) in [5.74, 6) is -0.735. The lowest BCUT2D eigenvalue weighted by Crippen LogP contribution is -2.65. The molecule has 3 aliphatic carbocycles. The lowest BCUT2D eigenvalue weighted by molar-refractivity contribution is -0.199. The highest BCUT2D eigenvalue weighted by Crippen LogP contribution is 2.65. The number of carbonyl (C=O) groups excluding carboxylic acids is 4. The van der Waals surface area contributed by atoms with Gasteiger partial charge in [0.1, 0.15) is 24.7 Å². The van der Waals surface area contributed by atoms with E-state index in [9.17, 15) is 19.2 Å². The smallest absolute Gasteiger partial charge is 0.445 e. The first-order valence-electron chi connectivity index (χ1n) is 17.0. The van der Waals surface area contributed by atoms with Gasteiger partial charge in [0.15, 0.2) is 0 Å². The molecule has 4 N–H and O–H groups in total. The van der Waals surface area contributed by atoms with Gasteiger partial charge < -0.3 is 35.3 Å². The fourth-order valence-corrected chi connectivity index (χ4v) is 7.50. The molecule has 0 aromatic heterocycles. The van der Waals surface area contributed by atoms with Gasteiger partial charge >= 0.3 is 13.2 Å². The maximum Gasteiger partial charge on any atom is 0.478 e. The second kappa shape index (κ2) is 14.7. The zero-order valence-electron chi connectivity index (χ0n) is 28.8. The Labute approximate surface area is 283 Å². The first-order valence-corrected chi connectivity index (χ1v) is 17.0. The molecule has 48 heavy (non-hydrogen) atoms. The van der Waals surface area contributed by atoms with Crippen LogP contribution in [0.1, 0.15) is 65.5 Å². The molecule has 1 aliphatic heterocycles. The van der Waals surface area contributed by atoms with Gasteiger partial charge in [-0.1, -0.05) is 88.4 Å². The summed E-state index contributed by atoms with van der Waals surface area (Å²) in [5.41, 5.74) is 1.47. The Morgan fingerprint density at radius 3 is 2.12 bits per heavy atom. The van der Waals surface area contributed by atoms with Crippen LogP contribution in [0.2, 0.25) is 0 Å². The van der Waals surface area contributed by atoms with Crippen LogP contribution < -0.4 is 21.3 Å². The van der Waals surface area contributed by atoms with E-state index in [-0.39, 0.29) is 42.5 Å². The molecule has 258 valence electrons. The topological polar surface area (TPSA) is 144 Å². The fourth-order valence-electron chi connectivity index (χ4n) is 7.50. The molecule has 4 aliphatic rings. The number of carbonyl (C=O) groups is 4. The maximum absolute atomic E-state index is 13.6. The number of hydrogen-bond acceptors (Lipinski definition) is 7. The fraction of sp³-hybridized carbons (Fsp3) is 0.556. The molecule has 2 aromatic rings. The Morgan fingerprint density at radius 2 is 1.50 bits per heavy atom. The first-order chi connectivity index (χ1) is 22.8. The minimum atomic E-state index is -1.02. The summed E-state index contributed by atoms with van der Waals surface area (Å²) < 4.78 is 17.9. The molecule has 7 atom stereocenters. The van der Waals surface area contributed by atoms with Crippen molar-refractivity contribution in [2.45, 2.75) is 97.2 Å². The van der Waals surface area contributed by atoms with Crippen molar-refractivity contribution in [1.29, 1.82) is 0 Å². The van der Waals surface area contributed by atoms with E-state index in [2.05, 4.69) is 42.0 Å². The van der Waals surface area contributed by atoms with Crippen molar-refractivity contribution in [3.63, 3.8) is 0 Å². The van der Waals surface area contributed by atoms with Crippen LogP contribution in [0.3, 0.4) is 0 Å². The van der Waals surface area contributed by atoms with Crippen molar-refractivity contribution in [2.24, 2.45) is 23.2 Å². The molecule has 1 saturated heterocycles. The summed E-state index contributed by atoms with van der Waals surface area (Å²) in [6.07, 6.45) is 1.69. The van der Waals surface area contributed by atoms with E-state index in [1.807, 2.05) is 60.7 Å².